The Balaban J connectivity index is 1.45. The van der Waals surface area contributed by atoms with Crippen molar-refractivity contribution >= 4 is 17.5 Å². The number of aromatic nitrogens is 2. The fourth-order valence-electron chi connectivity index (χ4n) is 2.44. The molecule has 1 fully saturated rings. The minimum absolute atomic E-state index is 0.124. The Morgan fingerprint density at radius 3 is 2.90 bits per heavy atom. The molecule has 5 heteroatoms. The van der Waals surface area contributed by atoms with Crippen molar-refractivity contribution in [3.8, 4) is 0 Å². The molecule has 1 aromatic carbocycles. The summed E-state index contributed by atoms with van der Waals surface area (Å²) in [5, 5.41) is 7.64. The summed E-state index contributed by atoms with van der Waals surface area (Å²) in [4.78, 5) is 12.0. The van der Waals surface area contributed by atoms with Crippen LogP contribution in [-0.2, 0) is 11.3 Å². The Bertz CT molecular complexity index is 596. The van der Waals surface area contributed by atoms with Crippen LogP contribution in [0.15, 0.2) is 42.7 Å². The molecule has 0 radical (unpaired) electrons. The van der Waals surface area contributed by atoms with Crippen LogP contribution in [0.3, 0.4) is 0 Å². The van der Waals surface area contributed by atoms with Gasteiger partial charge in [0, 0.05) is 18.7 Å². The monoisotopic (exact) mass is 289 g/mol. The summed E-state index contributed by atoms with van der Waals surface area (Å²) in [6.07, 6.45) is 4.29. The summed E-state index contributed by atoms with van der Waals surface area (Å²) in [6.45, 7) is 1.22. The second-order valence-electron chi connectivity index (χ2n) is 5.07. The quantitative estimate of drug-likeness (QED) is 0.919. The van der Waals surface area contributed by atoms with Gasteiger partial charge in [-0.05, 0) is 17.9 Å². The Morgan fingerprint density at radius 1 is 1.40 bits per heavy atom. The number of nitrogens with one attached hydrogen (secondary N) is 1. The van der Waals surface area contributed by atoms with E-state index < -0.39 is 0 Å². The number of rotatable bonds is 5. The fourth-order valence-corrected chi connectivity index (χ4v) is 2.60. The molecule has 1 aliphatic rings. The zero-order valence-electron chi connectivity index (χ0n) is 11.0. The van der Waals surface area contributed by atoms with Gasteiger partial charge in [0.05, 0.1) is 17.8 Å². The Labute approximate surface area is 122 Å². The van der Waals surface area contributed by atoms with Crippen molar-refractivity contribution in [1.82, 2.24) is 15.1 Å². The first-order valence-electron chi connectivity index (χ1n) is 6.74. The summed E-state index contributed by atoms with van der Waals surface area (Å²) < 4.78 is 1.73. The molecule has 1 aliphatic carbocycles. The van der Waals surface area contributed by atoms with Gasteiger partial charge in [0.25, 0.3) is 0 Å². The number of hydrogen-bond acceptors (Lipinski definition) is 2. The van der Waals surface area contributed by atoms with E-state index in [0.717, 1.165) is 6.42 Å². The van der Waals surface area contributed by atoms with E-state index in [1.54, 1.807) is 17.1 Å². The molecule has 2 aromatic rings. The third kappa shape index (κ3) is 3.02. The van der Waals surface area contributed by atoms with E-state index in [0.29, 0.717) is 24.0 Å². The van der Waals surface area contributed by atoms with Gasteiger partial charge < -0.3 is 5.32 Å². The van der Waals surface area contributed by atoms with Crippen molar-refractivity contribution in [2.45, 2.75) is 18.9 Å². The number of carbonyl (C=O) groups excluding carboxylic acids is 1. The van der Waals surface area contributed by atoms with E-state index in [9.17, 15) is 4.79 Å². The van der Waals surface area contributed by atoms with Crippen molar-refractivity contribution in [3.05, 3.63) is 53.3 Å². The molecule has 1 aromatic heterocycles. The fraction of sp³-hybridized carbons (Fsp3) is 0.333. The largest absolute Gasteiger partial charge is 0.354 e. The van der Waals surface area contributed by atoms with Gasteiger partial charge in [0.15, 0.2) is 0 Å². The van der Waals surface area contributed by atoms with E-state index >= 15 is 0 Å². The molecule has 1 N–H and O–H groups in total. The SMILES string of the molecule is O=C(NCCn1cc(Cl)cn1)[C@@H]1C[C@@H]1c1ccccc1. The zero-order valence-corrected chi connectivity index (χ0v) is 11.8. The third-order valence-corrected chi connectivity index (χ3v) is 3.79. The van der Waals surface area contributed by atoms with Crippen LogP contribution in [0.1, 0.15) is 17.9 Å². The highest BCUT2D eigenvalue weighted by Crippen LogP contribution is 2.47. The molecular weight excluding hydrogens is 274 g/mol. The maximum Gasteiger partial charge on any atom is 0.223 e. The molecule has 0 aliphatic heterocycles. The summed E-state index contributed by atoms with van der Waals surface area (Å²) >= 11 is 5.78. The average molecular weight is 290 g/mol. The first kappa shape index (κ1) is 13.2. The van der Waals surface area contributed by atoms with Gasteiger partial charge in [-0.15, -0.1) is 0 Å². The standard InChI is InChI=1S/C15H16ClN3O/c16-12-9-18-19(10-12)7-6-17-15(20)14-8-13(14)11-4-2-1-3-5-11/h1-5,9-10,13-14H,6-8H2,(H,17,20)/t13-,14-/m1/s1. The van der Waals surface area contributed by atoms with Crippen LogP contribution < -0.4 is 5.32 Å². The van der Waals surface area contributed by atoms with Crippen LogP contribution in [0.2, 0.25) is 5.02 Å². The van der Waals surface area contributed by atoms with Crippen molar-refractivity contribution in [3.63, 3.8) is 0 Å². The highest BCUT2D eigenvalue weighted by molar-refractivity contribution is 6.30. The molecule has 3 rings (SSSR count). The highest BCUT2D eigenvalue weighted by Gasteiger charge is 2.43. The number of halogens is 1. The van der Waals surface area contributed by atoms with Crippen molar-refractivity contribution < 1.29 is 4.79 Å². The number of hydrogen-bond donors (Lipinski definition) is 1. The highest BCUT2D eigenvalue weighted by atomic mass is 35.5. The molecule has 0 saturated heterocycles. The lowest BCUT2D eigenvalue weighted by Gasteiger charge is -2.05. The van der Waals surface area contributed by atoms with Crippen LogP contribution in [0.4, 0.5) is 0 Å². The summed E-state index contributed by atoms with van der Waals surface area (Å²) in [5.41, 5.74) is 1.26. The van der Waals surface area contributed by atoms with E-state index in [2.05, 4.69) is 22.5 Å². The molecule has 0 unspecified atom stereocenters. The molecule has 0 spiro atoms. The Morgan fingerprint density at radius 2 is 2.20 bits per heavy atom. The first-order valence-corrected chi connectivity index (χ1v) is 7.12. The van der Waals surface area contributed by atoms with Crippen molar-refractivity contribution in [1.29, 1.82) is 0 Å². The van der Waals surface area contributed by atoms with Gasteiger partial charge in [-0.1, -0.05) is 41.9 Å². The lowest BCUT2D eigenvalue weighted by molar-refractivity contribution is -0.122. The molecule has 20 heavy (non-hydrogen) atoms. The Hall–Kier alpha value is -1.81. The lowest BCUT2D eigenvalue weighted by atomic mass is 10.1. The zero-order chi connectivity index (χ0) is 13.9. The van der Waals surface area contributed by atoms with E-state index in [-0.39, 0.29) is 11.8 Å². The third-order valence-electron chi connectivity index (χ3n) is 3.60. The maximum atomic E-state index is 12.0. The Kier molecular flexibility index (Phi) is 3.74. The average Bonchev–Trinajstić information content (AvgIpc) is 3.17. The molecule has 104 valence electrons. The molecule has 0 bridgehead atoms. The van der Waals surface area contributed by atoms with Crippen LogP contribution in [0.25, 0.3) is 0 Å². The van der Waals surface area contributed by atoms with Crippen LogP contribution in [0, 0.1) is 5.92 Å². The molecule has 1 heterocycles. The van der Waals surface area contributed by atoms with Gasteiger partial charge in [-0.2, -0.15) is 5.10 Å². The van der Waals surface area contributed by atoms with Gasteiger partial charge in [0.1, 0.15) is 0 Å². The topological polar surface area (TPSA) is 46.9 Å². The van der Waals surface area contributed by atoms with Crippen LogP contribution in [0.5, 0.6) is 0 Å². The first-order chi connectivity index (χ1) is 9.74. The summed E-state index contributed by atoms with van der Waals surface area (Å²) in [5.74, 6) is 0.645. The molecule has 4 nitrogen and oxygen atoms in total. The van der Waals surface area contributed by atoms with Gasteiger partial charge in [-0.25, -0.2) is 0 Å². The predicted molar refractivity (Wildman–Crippen MR) is 77.5 cm³/mol. The van der Waals surface area contributed by atoms with Crippen LogP contribution in [-0.4, -0.2) is 22.2 Å². The number of carbonyl (C=O) groups is 1. The van der Waals surface area contributed by atoms with Gasteiger partial charge >= 0.3 is 0 Å². The van der Waals surface area contributed by atoms with E-state index in [1.165, 1.54) is 5.56 Å². The van der Waals surface area contributed by atoms with E-state index in [4.69, 9.17) is 11.6 Å². The van der Waals surface area contributed by atoms with Crippen molar-refractivity contribution in [2.75, 3.05) is 6.54 Å². The maximum absolute atomic E-state index is 12.0. The lowest BCUT2D eigenvalue weighted by Crippen LogP contribution is -2.29. The smallest absolute Gasteiger partial charge is 0.223 e. The number of nitrogens with zero attached hydrogens (tertiary/aromatic N) is 2. The van der Waals surface area contributed by atoms with Gasteiger partial charge in [0.2, 0.25) is 5.91 Å². The molecule has 1 amide bonds. The number of amides is 1. The summed E-state index contributed by atoms with van der Waals surface area (Å²) in [7, 11) is 0. The van der Waals surface area contributed by atoms with Crippen LogP contribution >= 0.6 is 11.6 Å². The van der Waals surface area contributed by atoms with Gasteiger partial charge in [-0.3, -0.25) is 9.48 Å². The number of benzene rings is 1. The second-order valence-corrected chi connectivity index (χ2v) is 5.51. The summed E-state index contributed by atoms with van der Waals surface area (Å²) in [6, 6.07) is 10.2. The molecule has 1 saturated carbocycles. The molecule has 2 atom stereocenters. The molecular formula is C15H16ClN3O. The van der Waals surface area contributed by atoms with E-state index in [1.807, 2.05) is 18.2 Å². The minimum Gasteiger partial charge on any atom is -0.354 e. The van der Waals surface area contributed by atoms with Crippen molar-refractivity contribution in [2.24, 2.45) is 5.92 Å². The normalized spacial score (nSPS) is 20.6. The minimum atomic E-state index is 0.124. The predicted octanol–water partition coefficient (Wildman–Crippen LogP) is 2.46. The second kappa shape index (κ2) is 5.67.